The highest BCUT2D eigenvalue weighted by Gasteiger charge is 2.40. The zero-order chi connectivity index (χ0) is 15.5. The molecule has 0 aromatic heterocycles. The Bertz CT molecular complexity index is 554. The van der Waals surface area contributed by atoms with E-state index in [0.29, 0.717) is 12.1 Å². The van der Waals surface area contributed by atoms with Crippen LogP contribution >= 0.6 is 35.7 Å². The van der Waals surface area contributed by atoms with Crippen molar-refractivity contribution in [1.82, 2.24) is 10.6 Å². The second kappa shape index (κ2) is 8.55. The van der Waals surface area contributed by atoms with Crippen molar-refractivity contribution >= 4 is 41.7 Å². The summed E-state index contributed by atoms with van der Waals surface area (Å²) in [5.74, 6) is 1.02. The molecule has 4 atom stereocenters. The number of thioether (sulfide) groups is 1. The van der Waals surface area contributed by atoms with Crippen molar-refractivity contribution < 1.29 is 4.39 Å². The van der Waals surface area contributed by atoms with Crippen molar-refractivity contribution in [3.8, 4) is 0 Å². The molecular weight excluding hydrogens is 424 g/mol. The molecule has 1 aromatic rings. The highest BCUT2D eigenvalue weighted by atomic mass is 127. The van der Waals surface area contributed by atoms with E-state index in [9.17, 15) is 4.39 Å². The van der Waals surface area contributed by atoms with Gasteiger partial charge in [0.25, 0.3) is 0 Å². The summed E-state index contributed by atoms with van der Waals surface area (Å²) in [6.45, 7) is 0. The maximum Gasteiger partial charge on any atom is 0.191 e. The first-order valence-electron chi connectivity index (χ1n) is 7.98. The lowest BCUT2D eigenvalue weighted by atomic mass is 10.1. The van der Waals surface area contributed by atoms with Gasteiger partial charge in [0.2, 0.25) is 0 Å². The number of hydrogen-bond donors (Lipinski definition) is 2. The molecular formula is C17H25FIN3S. The molecule has 2 fully saturated rings. The molecule has 0 saturated heterocycles. The monoisotopic (exact) mass is 449 g/mol. The lowest BCUT2D eigenvalue weighted by Gasteiger charge is -2.17. The molecule has 2 aliphatic rings. The maximum absolute atomic E-state index is 13.8. The summed E-state index contributed by atoms with van der Waals surface area (Å²) in [6.07, 6.45) is 6.83. The van der Waals surface area contributed by atoms with E-state index in [1.165, 1.54) is 19.3 Å². The predicted molar refractivity (Wildman–Crippen MR) is 108 cm³/mol. The molecule has 3 nitrogen and oxygen atoms in total. The molecule has 3 rings (SSSR count). The van der Waals surface area contributed by atoms with Gasteiger partial charge < -0.3 is 10.6 Å². The van der Waals surface area contributed by atoms with E-state index >= 15 is 0 Å². The molecule has 0 spiro atoms. The van der Waals surface area contributed by atoms with Gasteiger partial charge in [0.15, 0.2) is 5.96 Å². The summed E-state index contributed by atoms with van der Waals surface area (Å²) in [7, 11) is 1.80. The Morgan fingerprint density at radius 2 is 2.00 bits per heavy atom. The van der Waals surface area contributed by atoms with Crippen molar-refractivity contribution in [2.75, 3.05) is 13.3 Å². The van der Waals surface area contributed by atoms with Crippen LogP contribution in [-0.2, 0) is 0 Å². The number of halogens is 2. The molecule has 0 heterocycles. The Morgan fingerprint density at radius 3 is 2.65 bits per heavy atom. The topological polar surface area (TPSA) is 36.4 Å². The quantitative estimate of drug-likeness (QED) is 0.418. The lowest BCUT2D eigenvalue weighted by molar-refractivity contribution is 0.602. The van der Waals surface area contributed by atoms with Gasteiger partial charge in [-0.05, 0) is 43.6 Å². The molecule has 0 radical (unpaired) electrons. The highest BCUT2D eigenvalue weighted by molar-refractivity contribution is 14.0. The standard InChI is InChI=1S/C17H24FN3S.HI/c1-19-17(20-11-7-8-12(9-11)22-2)21-16-10-14(16)13-5-3-4-6-15(13)18;/h3-6,11-12,14,16H,7-10H2,1-2H3,(H2,19,20,21);1H. The average molecular weight is 449 g/mol. The molecule has 0 amide bonds. The van der Waals surface area contributed by atoms with Crippen molar-refractivity contribution in [3.63, 3.8) is 0 Å². The molecule has 2 N–H and O–H groups in total. The SMILES string of the molecule is CN=C(NC1CCC(SC)C1)NC1CC1c1ccccc1F.I. The molecule has 2 aliphatic carbocycles. The molecule has 0 bridgehead atoms. The highest BCUT2D eigenvalue weighted by Crippen LogP contribution is 2.41. The smallest absolute Gasteiger partial charge is 0.191 e. The molecule has 1 aromatic carbocycles. The largest absolute Gasteiger partial charge is 0.354 e. The van der Waals surface area contributed by atoms with Crippen LogP contribution in [0.3, 0.4) is 0 Å². The van der Waals surface area contributed by atoms with E-state index in [1.54, 1.807) is 19.2 Å². The number of hydrogen-bond acceptors (Lipinski definition) is 2. The first-order chi connectivity index (χ1) is 10.7. The Labute approximate surface area is 159 Å². The van der Waals surface area contributed by atoms with Gasteiger partial charge in [-0.2, -0.15) is 11.8 Å². The van der Waals surface area contributed by atoms with Gasteiger partial charge >= 0.3 is 0 Å². The third-order valence-corrected chi connectivity index (χ3v) is 5.79. The molecule has 23 heavy (non-hydrogen) atoms. The van der Waals surface area contributed by atoms with Crippen molar-refractivity contribution in [2.24, 2.45) is 4.99 Å². The second-order valence-corrected chi connectivity index (χ2v) is 7.34. The van der Waals surface area contributed by atoms with Gasteiger partial charge in [0.05, 0.1) is 0 Å². The fourth-order valence-corrected chi connectivity index (χ4v) is 4.10. The van der Waals surface area contributed by atoms with Crippen LogP contribution in [0, 0.1) is 5.82 Å². The van der Waals surface area contributed by atoms with Crippen LogP contribution in [0.15, 0.2) is 29.3 Å². The fourth-order valence-electron chi connectivity index (χ4n) is 3.30. The molecule has 6 heteroatoms. The van der Waals surface area contributed by atoms with Crippen LogP contribution < -0.4 is 10.6 Å². The van der Waals surface area contributed by atoms with Gasteiger partial charge in [-0.1, -0.05) is 18.2 Å². The molecule has 128 valence electrons. The Morgan fingerprint density at radius 1 is 1.22 bits per heavy atom. The summed E-state index contributed by atoms with van der Waals surface area (Å²) < 4.78 is 13.8. The zero-order valence-corrected chi connectivity index (χ0v) is 16.7. The number of nitrogens with zero attached hydrogens (tertiary/aromatic N) is 1. The second-order valence-electron chi connectivity index (χ2n) is 6.20. The van der Waals surface area contributed by atoms with Crippen molar-refractivity contribution in [2.45, 2.75) is 48.9 Å². The number of rotatable bonds is 4. The summed E-state index contributed by atoms with van der Waals surface area (Å²) in [4.78, 5) is 4.33. The van der Waals surface area contributed by atoms with Crippen LogP contribution in [0.25, 0.3) is 0 Å². The Kier molecular flexibility index (Phi) is 7.00. The van der Waals surface area contributed by atoms with Crippen LogP contribution in [-0.4, -0.2) is 36.6 Å². The fraction of sp³-hybridized carbons (Fsp3) is 0.588. The van der Waals surface area contributed by atoms with Crippen molar-refractivity contribution in [3.05, 3.63) is 35.6 Å². The van der Waals surface area contributed by atoms with E-state index in [0.717, 1.165) is 23.2 Å². The summed E-state index contributed by atoms with van der Waals surface area (Å²) in [5, 5.41) is 7.73. The zero-order valence-electron chi connectivity index (χ0n) is 13.6. The summed E-state index contributed by atoms with van der Waals surface area (Å²) in [6, 6.07) is 7.88. The van der Waals surface area contributed by atoms with Crippen LogP contribution in [0.2, 0.25) is 0 Å². The summed E-state index contributed by atoms with van der Waals surface area (Å²) >= 11 is 1.95. The van der Waals surface area contributed by atoms with Gasteiger partial charge in [-0.25, -0.2) is 4.39 Å². The minimum absolute atomic E-state index is 0. The Hall–Kier alpha value is -0.500. The number of nitrogens with one attached hydrogen (secondary N) is 2. The minimum Gasteiger partial charge on any atom is -0.354 e. The lowest BCUT2D eigenvalue weighted by Crippen LogP contribution is -2.43. The van der Waals surface area contributed by atoms with E-state index in [4.69, 9.17) is 0 Å². The molecule has 2 saturated carbocycles. The average Bonchev–Trinajstić information content (AvgIpc) is 3.13. The van der Waals surface area contributed by atoms with Crippen molar-refractivity contribution in [1.29, 1.82) is 0 Å². The molecule has 0 aliphatic heterocycles. The van der Waals surface area contributed by atoms with Gasteiger partial charge in [-0.15, -0.1) is 24.0 Å². The third kappa shape index (κ3) is 4.75. The van der Waals surface area contributed by atoms with Gasteiger partial charge in [-0.3, -0.25) is 4.99 Å². The van der Waals surface area contributed by atoms with E-state index in [-0.39, 0.29) is 35.7 Å². The van der Waals surface area contributed by atoms with Crippen LogP contribution in [0.1, 0.15) is 37.2 Å². The first-order valence-corrected chi connectivity index (χ1v) is 9.27. The van der Waals surface area contributed by atoms with Crippen LogP contribution in [0.5, 0.6) is 0 Å². The predicted octanol–water partition coefficient (Wildman–Crippen LogP) is 3.75. The van der Waals surface area contributed by atoms with Gasteiger partial charge in [0.1, 0.15) is 5.82 Å². The Balaban J connectivity index is 0.00000192. The minimum atomic E-state index is -0.0987. The number of aliphatic imine (C=N–C) groups is 1. The summed E-state index contributed by atoms with van der Waals surface area (Å²) in [5.41, 5.74) is 0.818. The van der Waals surface area contributed by atoms with E-state index in [1.807, 2.05) is 23.9 Å². The number of guanidine groups is 1. The van der Waals surface area contributed by atoms with E-state index in [2.05, 4.69) is 21.9 Å². The normalized spacial score (nSPS) is 29.8. The number of benzene rings is 1. The van der Waals surface area contributed by atoms with Gasteiger partial charge in [0, 0.05) is 30.3 Å². The maximum atomic E-state index is 13.8. The van der Waals surface area contributed by atoms with E-state index < -0.39 is 0 Å². The van der Waals surface area contributed by atoms with Crippen LogP contribution in [0.4, 0.5) is 4.39 Å². The first kappa shape index (κ1) is 18.8. The third-order valence-electron chi connectivity index (χ3n) is 4.70. The molecule has 4 unspecified atom stereocenters.